The zero-order chi connectivity index (χ0) is 25.1. The minimum absolute atomic E-state index is 0.0799. The number of aromatic amines is 1. The fraction of sp³-hybridized carbons (Fsp3) is 0.350. The van der Waals surface area contributed by atoms with Gasteiger partial charge in [-0.25, -0.2) is 9.36 Å². The van der Waals surface area contributed by atoms with E-state index in [1.807, 2.05) is 4.98 Å². The minimum atomic E-state index is -4.43. The lowest BCUT2D eigenvalue weighted by Gasteiger charge is -2.29. The third-order valence-electron chi connectivity index (χ3n) is 4.93. The van der Waals surface area contributed by atoms with Gasteiger partial charge in [-0.3, -0.25) is 23.7 Å². The molecule has 1 fully saturated rings. The summed E-state index contributed by atoms with van der Waals surface area (Å²) in [6.45, 7) is 0.368. The molecule has 1 aromatic carbocycles. The van der Waals surface area contributed by atoms with Gasteiger partial charge in [0.2, 0.25) is 0 Å². The summed E-state index contributed by atoms with van der Waals surface area (Å²) in [6, 6.07) is 7.35. The lowest BCUT2D eigenvalue weighted by molar-refractivity contribution is -0.138. The second kappa shape index (κ2) is 9.94. The van der Waals surface area contributed by atoms with E-state index in [0.29, 0.717) is 0 Å². The van der Waals surface area contributed by atoms with Crippen molar-refractivity contribution in [3.8, 4) is 18.1 Å². The first-order valence-electron chi connectivity index (χ1n) is 9.83. The summed E-state index contributed by atoms with van der Waals surface area (Å²) in [4.78, 5) is 36.7. The fourth-order valence-electron chi connectivity index (χ4n) is 3.10. The molecule has 182 valence electrons. The highest BCUT2D eigenvalue weighted by atomic mass is 31.2. The van der Waals surface area contributed by atoms with Crippen molar-refractivity contribution in [2.24, 2.45) is 0 Å². The molecule has 2 heterocycles. The second-order valence-electron chi connectivity index (χ2n) is 7.36. The van der Waals surface area contributed by atoms with Gasteiger partial charge in [-0.2, -0.15) is 5.09 Å². The van der Waals surface area contributed by atoms with Crippen LogP contribution in [0.15, 0.2) is 52.2 Å². The van der Waals surface area contributed by atoms with E-state index in [9.17, 15) is 34.3 Å². The van der Waals surface area contributed by atoms with Crippen LogP contribution in [0.5, 0.6) is 5.75 Å². The van der Waals surface area contributed by atoms with Crippen molar-refractivity contribution in [2.45, 2.75) is 37.0 Å². The molecule has 14 heteroatoms. The van der Waals surface area contributed by atoms with E-state index >= 15 is 0 Å². The van der Waals surface area contributed by atoms with Crippen molar-refractivity contribution in [3.05, 3.63) is 63.4 Å². The molecule has 0 spiro atoms. The highest BCUT2D eigenvalue weighted by Crippen LogP contribution is 2.47. The molecule has 0 bridgehead atoms. The summed E-state index contributed by atoms with van der Waals surface area (Å²) in [7, 11) is -4.43. The molecule has 1 aromatic heterocycles. The van der Waals surface area contributed by atoms with Crippen molar-refractivity contribution in [1.82, 2.24) is 14.6 Å². The zero-order valence-electron chi connectivity index (χ0n) is 17.7. The molecule has 13 nitrogen and oxygen atoms in total. The maximum absolute atomic E-state index is 13.4. The molecule has 34 heavy (non-hydrogen) atoms. The molecule has 1 aliphatic rings. The highest BCUT2D eigenvalue weighted by Gasteiger charge is 2.55. The van der Waals surface area contributed by atoms with Gasteiger partial charge in [0.15, 0.2) is 11.8 Å². The fourth-order valence-corrected chi connectivity index (χ4v) is 4.63. The van der Waals surface area contributed by atoms with Gasteiger partial charge < -0.3 is 24.6 Å². The normalized spacial score (nSPS) is 26.8. The number of carbonyl (C=O) groups is 1. The molecule has 0 radical (unpaired) electrons. The van der Waals surface area contributed by atoms with Gasteiger partial charge in [-0.1, -0.05) is 24.1 Å². The van der Waals surface area contributed by atoms with Crippen LogP contribution in [0.25, 0.3) is 0 Å². The maximum Gasteiger partial charge on any atom is 0.459 e. The molecule has 0 aliphatic carbocycles. The number of rotatable bonds is 9. The number of hydrogen-bond acceptors (Lipinski definition) is 9. The number of aromatic nitrogens is 2. The van der Waals surface area contributed by atoms with E-state index in [0.717, 1.165) is 16.8 Å². The summed E-state index contributed by atoms with van der Waals surface area (Å²) in [5.41, 5.74) is -3.75. The molecule has 6 atom stereocenters. The number of terminal acetylenes is 1. The number of carboxylic acid groups (broad SMARTS) is 1. The summed E-state index contributed by atoms with van der Waals surface area (Å²) >= 11 is 0. The molecule has 1 aliphatic heterocycles. The molecular formula is C20H22N3O10P. The van der Waals surface area contributed by atoms with E-state index in [4.69, 9.17) is 20.2 Å². The number of ether oxygens (including phenoxy) is 1. The van der Waals surface area contributed by atoms with Gasteiger partial charge in [0.05, 0.1) is 0 Å². The number of hydrogen-bond donors (Lipinski definition) is 5. The largest absolute Gasteiger partial charge is 0.480 e. The molecule has 0 amide bonds. The van der Waals surface area contributed by atoms with E-state index in [1.54, 1.807) is 18.2 Å². The maximum atomic E-state index is 13.4. The quantitative estimate of drug-likeness (QED) is 0.221. The number of nitrogens with zero attached hydrogens (tertiary/aromatic N) is 1. The topological polar surface area (TPSA) is 189 Å². The van der Waals surface area contributed by atoms with Gasteiger partial charge in [-0.05, 0) is 19.1 Å². The Kier molecular flexibility index (Phi) is 7.42. The van der Waals surface area contributed by atoms with E-state index in [2.05, 4.69) is 11.0 Å². The number of benzene rings is 1. The van der Waals surface area contributed by atoms with Crippen LogP contribution >= 0.6 is 7.75 Å². The average Bonchev–Trinajstić information content (AvgIpc) is 3.04. The highest BCUT2D eigenvalue weighted by molar-refractivity contribution is 7.52. The standard InChI is InChI=1S/C20H22N3O10P/c1-3-20(16(26)15(25)17(32-20)23-10-9-14(24)21-19(23)29)11-31-34(30,22-12(2)18(27)28)33-13-7-5-4-6-8-13/h1,4-10,12,15-17,25-26H,11H2,2H3,(H,22,30)(H,27,28)(H,21,24,29)/t12-,15+,16-,17+,20+,34?/m0/s1. The Morgan fingerprint density at radius 2 is 2.03 bits per heavy atom. The summed E-state index contributed by atoms with van der Waals surface area (Å²) in [5, 5.41) is 32.5. The van der Waals surface area contributed by atoms with Crippen LogP contribution in [-0.2, 0) is 18.6 Å². The Labute approximate surface area is 192 Å². The Morgan fingerprint density at radius 1 is 1.35 bits per heavy atom. The van der Waals surface area contributed by atoms with Gasteiger partial charge in [0, 0.05) is 12.3 Å². The molecule has 5 N–H and O–H groups in total. The van der Waals surface area contributed by atoms with Crippen LogP contribution in [0.3, 0.4) is 0 Å². The van der Waals surface area contributed by atoms with Crippen LogP contribution < -0.4 is 20.9 Å². The van der Waals surface area contributed by atoms with Gasteiger partial charge in [-0.15, -0.1) is 6.42 Å². The molecule has 3 rings (SSSR count). The van der Waals surface area contributed by atoms with Crippen molar-refractivity contribution in [3.63, 3.8) is 0 Å². The summed E-state index contributed by atoms with van der Waals surface area (Å²) in [5.74, 6) is 0.866. The van der Waals surface area contributed by atoms with Crippen molar-refractivity contribution >= 4 is 13.7 Å². The van der Waals surface area contributed by atoms with Crippen LogP contribution in [0.1, 0.15) is 13.2 Å². The number of nitrogens with one attached hydrogen (secondary N) is 2. The third kappa shape index (κ3) is 5.28. The lowest BCUT2D eigenvalue weighted by atomic mass is 9.97. The van der Waals surface area contributed by atoms with Crippen LogP contribution in [0.2, 0.25) is 0 Å². The Morgan fingerprint density at radius 3 is 2.62 bits per heavy atom. The Balaban J connectivity index is 1.88. The zero-order valence-corrected chi connectivity index (χ0v) is 18.6. The second-order valence-corrected chi connectivity index (χ2v) is 9.05. The van der Waals surface area contributed by atoms with E-state index < -0.39 is 61.7 Å². The molecular weight excluding hydrogens is 473 g/mol. The summed E-state index contributed by atoms with van der Waals surface area (Å²) in [6.07, 6.45) is 1.47. The number of aliphatic hydroxyl groups is 2. The smallest absolute Gasteiger partial charge is 0.459 e. The first-order chi connectivity index (χ1) is 16.0. The van der Waals surface area contributed by atoms with Crippen LogP contribution in [-0.4, -0.2) is 61.3 Å². The van der Waals surface area contributed by atoms with E-state index in [1.165, 1.54) is 19.1 Å². The van der Waals surface area contributed by atoms with Crippen LogP contribution in [0, 0.1) is 12.3 Å². The van der Waals surface area contributed by atoms with Gasteiger partial charge in [0.1, 0.15) is 30.6 Å². The lowest BCUT2D eigenvalue weighted by Crippen LogP contribution is -2.46. The van der Waals surface area contributed by atoms with Crippen LogP contribution in [0.4, 0.5) is 0 Å². The first-order valence-corrected chi connectivity index (χ1v) is 11.4. The van der Waals surface area contributed by atoms with Crippen molar-refractivity contribution in [2.75, 3.05) is 6.61 Å². The predicted octanol–water partition coefficient (Wildman–Crippen LogP) is -0.574. The van der Waals surface area contributed by atoms with Crippen molar-refractivity contribution in [1.29, 1.82) is 0 Å². The number of carboxylic acids is 1. The molecule has 1 saturated heterocycles. The Hall–Kier alpha value is -3.24. The minimum Gasteiger partial charge on any atom is -0.480 e. The number of aliphatic carboxylic acids is 1. The van der Waals surface area contributed by atoms with Gasteiger partial charge in [0.25, 0.3) is 5.56 Å². The molecule has 2 aromatic rings. The number of H-pyrrole nitrogens is 1. The monoisotopic (exact) mass is 495 g/mol. The SMILES string of the molecule is C#C[C@]1(COP(=O)(N[C@@H](C)C(=O)O)Oc2ccccc2)O[C@@H](n2ccc(=O)[nH]c2=O)[C@H](O)[C@@H]1O. The third-order valence-corrected chi connectivity index (χ3v) is 6.56. The summed E-state index contributed by atoms with van der Waals surface area (Å²) < 4.78 is 30.5. The average molecular weight is 495 g/mol. The van der Waals surface area contributed by atoms with Crippen molar-refractivity contribution < 1.29 is 38.5 Å². The number of para-hydroxylation sites is 1. The molecule has 0 saturated carbocycles. The Bertz CT molecular complexity index is 1240. The van der Waals surface area contributed by atoms with E-state index in [-0.39, 0.29) is 5.75 Å². The molecule has 1 unspecified atom stereocenters. The van der Waals surface area contributed by atoms with Gasteiger partial charge >= 0.3 is 19.4 Å². The predicted molar refractivity (Wildman–Crippen MR) is 116 cm³/mol. The first kappa shape index (κ1) is 25.4. The number of aliphatic hydroxyl groups excluding tert-OH is 2.